The third-order valence-electron chi connectivity index (χ3n) is 0.364. The van der Waals surface area contributed by atoms with E-state index in [4.69, 9.17) is 5.02 Å². The van der Waals surface area contributed by atoms with E-state index >= 15 is 0 Å². The summed E-state index contributed by atoms with van der Waals surface area (Å²) in [5, 5.41) is 7.47. The molecule has 7 heteroatoms. The summed E-state index contributed by atoms with van der Waals surface area (Å²) in [4.78, 5) is 2.05. The molecule has 0 saturated heterocycles. The molecule has 48 valence electrons. The van der Waals surface area contributed by atoms with E-state index in [-0.39, 0.29) is 0 Å². The maximum absolute atomic E-state index is 10.8. The molecule has 0 fully saturated rings. The van der Waals surface area contributed by atoms with Crippen molar-refractivity contribution in [3.05, 3.63) is 0 Å². The second-order valence-electron chi connectivity index (χ2n) is 0.983. The van der Waals surface area contributed by atoms with Crippen molar-refractivity contribution >= 4 is 7.12 Å². The van der Waals surface area contributed by atoms with Crippen LogP contribution in [0, 0.1) is 0 Å². The van der Waals surface area contributed by atoms with E-state index in [2.05, 4.69) is 0 Å². The Labute approximate surface area is 42.1 Å². The van der Waals surface area contributed by atoms with Crippen LogP contribution in [0.25, 0.3) is 0 Å². The zero-order chi connectivity index (χ0) is 6.78. The molecule has 8 heavy (non-hydrogen) atoms. The minimum atomic E-state index is -5.03. The molecule has 0 heterocycles. The van der Waals surface area contributed by atoms with Gasteiger partial charge in [0.1, 0.15) is 0 Å². The first-order valence-corrected chi connectivity index (χ1v) is 1.50. The Kier molecular flexibility index (Phi) is 2.23. The van der Waals surface area contributed by atoms with Crippen molar-refractivity contribution < 1.29 is 27.6 Å². The molecule has 0 aromatic heterocycles. The van der Waals surface area contributed by atoms with Crippen LogP contribution in [-0.2, 0) is 4.86 Å². The van der Waals surface area contributed by atoms with Gasteiger partial charge in [0.05, 0.1) is 0 Å². The van der Waals surface area contributed by atoms with Gasteiger partial charge in [-0.3, -0.25) is 0 Å². The van der Waals surface area contributed by atoms with Crippen LogP contribution >= 0.6 is 0 Å². The first-order chi connectivity index (χ1) is 3.48. The van der Waals surface area contributed by atoms with E-state index in [1.807, 2.05) is 4.86 Å². The van der Waals surface area contributed by atoms with Crippen LogP contribution in [0.5, 0.6) is 0 Å². The molecule has 0 amide bonds. The van der Waals surface area contributed by atoms with Gasteiger partial charge in [-0.1, -0.05) is 4.53 Å². The number of rotatable bonds is 1. The average Bonchev–Trinajstić information content (AvgIpc) is 1.62. The molecule has 0 saturated carbocycles. The fourth-order valence-corrected chi connectivity index (χ4v) is 0.0505. The predicted octanol–water partition coefficient (Wildman–Crippen LogP) is 0.469. The summed E-state index contributed by atoms with van der Waals surface area (Å²) in [7, 11) is -3.32. The molecule has 1 N–H and O–H groups in total. The summed E-state index contributed by atoms with van der Waals surface area (Å²) in [6.07, 6.45) is -5.03. The van der Waals surface area contributed by atoms with E-state index in [1.165, 1.54) is 0 Å². The molecule has 0 aromatic rings. The Morgan fingerprint density at radius 1 is 1.38 bits per heavy atom. The van der Waals surface area contributed by atoms with Gasteiger partial charge in [-0.05, 0) is 0 Å². The molecule has 0 rings (SSSR count). The molecular formula is CHBF4O2. The van der Waals surface area contributed by atoms with Gasteiger partial charge in [0.15, 0.2) is 0 Å². The van der Waals surface area contributed by atoms with Crippen LogP contribution in [0.15, 0.2) is 0 Å². The highest BCUT2D eigenvalue weighted by Gasteiger charge is 2.48. The first-order valence-electron chi connectivity index (χ1n) is 1.50. The van der Waals surface area contributed by atoms with Crippen molar-refractivity contribution in [2.45, 2.75) is 6.08 Å². The lowest BCUT2D eigenvalue weighted by Crippen LogP contribution is -2.34. The summed E-state index contributed by atoms with van der Waals surface area (Å²) in [5.74, 6) is 0. The Morgan fingerprint density at radius 2 is 1.75 bits per heavy atom. The highest BCUT2D eigenvalue weighted by atomic mass is 19.4. The van der Waals surface area contributed by atoms with E-state index in [0.717, 1.165) is 0 Å². The molecule has 0 aromatic carbocycles. The maximum Gasteiger partial charge on any atom is 0.610 e. The average molecular weight is 132 g/mol. The van der Waals surface area contributed by atoms with Crippen LogP contribution in [-0.4, -0.2) is 18.2 Å². The molecule has 0 aliphatic carbocycles. The second kappa shape index (κ2) is 2.32. The van der Waals surface area contributed by atoms with E-state index in [1.54, 1.807) is 0 Å². The Morgan fingerprint density at radius 3 is 1.75 bits per heavy atom. The highest BCUT2D eigenvalue weighted by Crippen LogP contribution is 2.17. The zero-order valence-corrected chi connectivity index (χ0v) is 3.44. The number of hydrogen-bond donors (Lipinski definition) is 1. The normalized spacial score (nSPS) is 11.6. The highest BCUT2D eigenvalue weighted by molar-refractivity contribution is 6.44. The van der Waals surface area contributed by atoms with Gasteiger partial charge < -0.3 is 5.02 Å². The summed E-state index contributed by atoms with van der Waals surface area (Å²) in [5.41, 5.74) is 0. The molecule has 0 radical (unpaired) electrons. The van der Waals surface area contributed by atoms with Crippen LogP contribution in [0.2, 0.25) is 0 Å². The molecule has 0 atom stereocenters. The van der Waals surface area contributed by atoms with Crippen LogP contribution in [0.4, 0.5) is 17.7 Å². The topological polar surface area (TPSA) is 29.5 Å². The summed E-state index contributed by atoms with van der Waals surface area (Å²) >= 11 is 0. The van der Waals surface area contributed by atoms with Crippen LogP contribution in [0.3, 0.4) is 0 Å². The number of halogens is 4. The molecular weight excluding hydrogens is 131 g/mol. The summed E-state index contributed by atoms with van der Waals surface area (Å²) < 4.78 is 42.9. The molecule has 0 aliphatic rings. The largest absolute Gasteiger partial charge is 0.610 e. The SMILES string of the molecule is OB(OF)C(F)(F)F. The van der Waals surface area contributed by atoms with Crippen LogP contribution in [0.1, 0.15) is 0 Å². The summed E-state index contributed by atoms with van der Waals surface area (Å²) in [6.45, 7) is 0. The maximum atomic E-state index is 10.8. The van der Waals surface area contributed by atoms with Crippen molar-refractivity contribution in [2.24, 2.45) is 0 Å². The van der Waals surface area contributed by atoms with Crippen molar-refractivity contribution in [1.82, 2.24) is 0 Å². The lowest BCUT2D eigenvalue weighted by Gasteiger charge is -2.02. The van der Waals surface area contributed by atoms with Crippen LogP contribution < -0.4 is 0 Å². The van der Waals surface area contributed by atoms with Crippen molar-refractivity contribution in [3.63, 3.8) is 0 Å². The third kappa shape index (κ3) is 2.13. The monoisotopic (exact) mass is 132 g/mol. The van der Waals surface area contributed by atoms with Crippen molar-refractivity contribution in [1.29, 1.82) is 0 Å². The molecule has 2 nitrogen and oxygen atoms in total. The van der Waals surface area contributed by atoms with Gasteiger partial charge in [-0.15, -0.1) is 0 Å². The van der Waals surface area contributed by atoms with Gasteiger partial charge in [-0.2, -0.15) is 13.2 Å². The Balaban J connectivity index is 3.62. The smallest absolute Gasteiger partial charge is 0.419 e. The van der Waals surface area contributed by atoms with Crippen molar-refractivity contribution in [2.75, 3.05) is 0 Å². The Bertz CT molecular complexity index is 70.9. The van der Waals surface area contributed by atoms with E-state index in [9.17, 15) is 17.7 Å². The van der Waals surface area contributed by atoms with Gasteiger partial charge in [0.25, 0.3) is 0 Å². The molecule has 0 aliphatic heterocycles. The fourth-order valence-electron chi connectivity index (χ4n) is 0.0505. The zero-order valence-electron chi connectivity index (χ0n) is 3.44. The molecule has 0 bridgehead atoms. The van der Waals surface area contributed by atoms with Gasteiger partial charge in [0, 0.05) is 0 Å². The molecule has 0 unspecified atom stereocenters. The third-order valence-corrected chi connectivity index (χ3v) is 0.364. The molecule has 0 spiro atoms. The second-order valence-corrected chi connectivity index (χ2v) is 0.983. The standard InChI is InChI=1S/CHBF4O2/c3-1(4,5)2(7)8-6/h7H. The number of alkyl halides is 3. The lowest BCUT2D eigenvalue weighted by atomic mass is 9.91. The van der Waals surface area contributed by atoms with Gasteiger partial charge in [-0.25, -0.2) is 4.86 Å². The quantitative estimate of drug-likeness (QED) is 0.414. The lowest BCUT2D eigenvalue weighted by molar-refractivity contribution is -0.126. The van der Waals surface area contributed by atoms with Gasteiger partial charge >= 0.3 is 13.2 Å². The van der Waals surface area contributed by atoms with Crippen molar-refractivity contribution in [3.8, 4) is 0 Å². The number of hydrogen-bond acceptors (Lipinski definition) is 2. The fraction of sp³-hybridized carbons (Fsp3) is 1.00. The Hall–Kier alpha value is -0.295. The first kappa shape index (κ1) is 7.70. The predicted molar refractivity (Wildman–Crippen MR) is 16.2 cm³/mol. The minimum absolute atomic E-state index is 2.05. The minimum Gasteiger partial charge on any atom is -0.419 e. The van der Waals surface area contributed by atoms with Gasteiger partial charge in [0.2, 0.25) is 0 Å². The van der Waals surface area contributed by atoms with E-state index in [0.29, 0.717) is 0 Å². The summed E-state index contributed by atoms with van der Waals surface area (Å²) in [6, 6.07) is 0. The van der Waals surface area contributed by atoms with E-state index < -0.39 is 13.2 Å².